The van der Waals surface area contributed by atoms with Gasteiger partial charge in [-0.05, 0) is 43.2 Å². The van der Waals surface area contributed by atoms with Gasteiger partial charge >= 0.3 is 0 Å². The van der Waals surface area contributed by atoms with Crippen LogP contribution in [0.1, 0.15) is 30.6 Å². The van der Waals surface area contributed by atoms with Crippen LogP contribution < -0.4 is 9.47 Å². The van der Waals surface area contributed by atoms with E-state index in [9.17, 15) is 9.18 Å². The molecule has 0 bridgehead atoms. The van der Waals surface area contributed by atoms with Crippen molar-refractivity contribution in [3.05, 3.63) is 47.8 Å². The lowest BCUT2D eigenvalue weighted by atomic mass is 10.0. The van der Waals surface area contributed by atoms with Crippen molar-refractivity contribution in [3.63, 3.8) is 0 Å². The molecule has 22 heavy (non-hydrogen) atoms. The van der Waals surface area contributed by atoms with Gasteiger partial charge in [0.2, 0.25) is 0 Å². The van der Waals surface area contributed by atoms with Crippen LogP contribution in [0.2, 0.25) is 0 Å². The second-order valence-electron chi connectivity index (χ2n) is 4.80. The van der Waals surface area contributed by atoms with Crippen molar-refractivity contribution in [2.75, 3.05) is 13.2 Å². The van der Waals surface area contributed by atoms with Crippen LogP contribution in [0.3, 0.4) is 0 Å². The van der Waals surface area contributed by atoms with Crippen LogP contribution in [-0.2, 0) is 0 Å². The van der Waals surface area contributed by atoms with Crippen LogP contribution in [0.4, 0.5) is 4.39 Å². The fourth-order valence-corrected chi connectivity index (χ4v) is 2.17. The number of hydrogen-bond donors (Lipinski definition) is 0. The average molecular weight is 302 g/mol. The summed E-state index contributed by atoms with van der Waals surface area (Å²) in [5, 5.41) is 0. The molecule has 2 aromatic carbocycles. The van der Waals surface area contributed by atoms with E-state index in [1.54, 1.807) is 24.3 Å². The number of hydrogen-bond acceptors (Lipinski definition) is 3. The molecule has 0 heterocycles. The Bertz CT molecular complexity index is 636. The summed E-state index contributed by atoms with van der Waals surface area (Å²) in [7, 11) is 0. The SMILES string of the molecule is CCCOc1cc(C=O)cc(OCC)c1-c1ccc(F)cc1. The predicted octanol–water partition coefficient (Wildman–Crippen LogP) is 4.49. The normalized spacial score (nSPS) is 10.3. The zero-order valence-corrected chi connectivity index (χ0v) is 12.8. The van der Waals surface area contributed by atoms with Gasteiger partial charge in [-0.3, -0.25) is 4.79 Å². The maximum absolute atomic E-state index is 13.2. The molecule has 116 valence electrons. The highest BCUT2D eigenvalue weighted by atomic mass is 19.1. The van der Waals surface area contributed by atoms with Gasteiger partial charge in [-0.15, -0.1) is 0 Å². The average Bonchev–Trinajstić information content (AvgIpc) is 2.54. The van der Waals surface area contributed by atoms with Gasteiger partial charge in [0.05, 0.1) is 18.8 Å². The number of carbonyl (C=O) groups is 1. The number of carbonyl (C=O) groups excluding carboxylic acids is 1. The Morgan fingerprint density at radius 2 is 1.68 bits per heavy atom. The molecular weight excluding hydrogens is 283 g/mol. The van der Waals surface area contributed by atoms with E-state index in [4.69, 9.17) is 9.47 Å². The highest BCUT2D eigenvalue weighted by Crippen LogP contribution is 2.39. The Morgan fingerprint density at radius 1 is 1.05 bits per heavy atom. The minimum absolute atomic E-state index is 0.303. The highest BCUT2D eigenvalue weighted by Gasteiger charge is 2.15. The van der Waals surface area contributed by atoms with Gasteiger partial charge in [0.15, 0.2) is 0 Å². The Morgan fingerprint density at radius 3 is 2.23 bits per heavy atom. The third-order valence-corrected chi connectivity index (χ3v) is 3.12. The first-order valence-corrected chi connectivity index (χ1v) is 7.34. The van der Waals surface area contributed by atoms with Crippen LogP contribution in [0, 0.1) is 5.82 Å². The first-order chi connectivity index (χ1) is 10.7. The highest BCUT2D eigenvalue weighted by molar-refractivity contribution is 5.84. The van der Waals surface area contributed by atoms with E-state index in [0.717, 1.165) is 23.8 Å². The van der Waals surface area contributed by atoms with Crippen molar-refractivity contribution < 1.29 is 18.7 Å². The van der Waals surface area contributed by atoms with Crippen LogP contribution in [0.5, 0.6) is 11.5 Å². The molecule has 0 N–H and O–H groups in total. The van der Waals surface area contributed by atoms with Crippen molar-refractivity contribution in [2.45, 2.75) is 20.3 Å². The maximum atomic E-state index is 13.2. The van der Waals surface area contributed by atoms with E-state index in [1.165, 1.54) is 12.1 Å². The lowest BCUT2D eigenvalue weighted by molar-refractivity contribution is 0.112. The summed E-state index contributed by atoms with van der Waals surface area (Å²) >= 11 is 0. The number of aldehydes is 1. The molecule has 0 saturated carbocycles. The minimum Gasteiger partial charge on any atom is -0.493 e. The van der Waals surface area contributed by atoms with Gasteiger partial charge in [0, 0.05) is 5.56 Å². The van der Waals surface area contributed by atoms with E-state index < -0.39 is 0 Å². The smallest absolute Gasteiger partial charge is 0.150 e. The first kappa shape index (κ1) is 16.0. The molecule has 0 aromatic heterocycles. The predicted molar refractivity (Wildman–Crippen MR) is 84.2 cm³/mol. The van der Waals surface area contributed by atoms with Gasteiger partial charge in [-0.25, -0.2) is 4.39 Å². The molecule has 4 heteroatoms. The Balaban J connectivity index is 2.59. The molecule has 2 aromatic rings. The molecule has 2 rings (SSSR count). The second kappa shape index (κ2) is 7.59. The molecule has 0 aliphatic rings. The standard InChI is InChI=1S/C18H19FO3/c1-3-9-22-17-11-13(12-20)10-16(21-4-2)18(17)14-5-7-15(19)8-6-14/h5-8,10-12H,3-4,9H2,1-2H3. The molecule has 3 nitrogen and oxygen atoms in total. The lowest BCUT2D eigenvalue weighted by Crippen LogP contribution is -2.02. The summed E-state index contributed by atoms with van der Waals surface area (Å²) < 4.78 is 24.6. The van der Waals surface area contributed by atoms with Gasteiger partial charge in [-0.2, -0.15) is 0 Å². The van der Waals surface area contributed by atoms with Crippen molar-refractivity contribution in [3.8, 4) is 22.6 Å². The van der Waals surface area contributed by atoms with Crippen molar-refractivity contribution in [2.24, 2.45) is 0 Å². The number of rotatable bonds is 7. The zero-order chi connectivity index (χ0) is 15.9. The molecule has 0 amide bonds. The number of ether oxygens (including phenoxy) is 2. The largest absolute Gasteiger partial charge is 0.493 e. The van der Waals surface area contributed by atoms with Crippen LogP contribution in [-0.4, -0.2) is 19.5 Å². The van der Waals surface area contributed by atoms with Gasteiger partial charge < -0.3 is 9.47 Å². The van der Waals surface area contributed by atoms with Crippen LogP contribution >= 0.6 is 0 Å². The molecule has 0 radical (unpaired) electrons. The number of benzene rings is 2. The molecule has 0 aliphatic carbocycles. The van der Waals surface area contributed by atoms with E-state index in [2.05, 4.69) is 0 Å². The molecule has 0 aliphatic heterocycles. The van der Waals surface area contributed by atoms with Crippen LogP contribution in [0.15, 0.2) is 36.4 Å². The third kappa shape index (κ3) is 3.64. The maximum Gasteiger partial charge on any atom is 0.150 e. The van der Waals surface area contributed by atoms with Gasteiger partial charge in [0.1, 0.15) is 23.6 Å². The number of halogens is 1. The monoisotopic (exact) mass is 302 g/mol. The molecule has 0 unspecified atom stereocenters. The summed E-state index contributed by atoms with van der Waals surface area (Å²) in [6.07, 6.45) is 1.61. The van der Waals surface area contributed by atoms with Crippen molar-refractivity contribution in [1.82, 2.24) is 0 Å². The van der Waals surface area contributed by atoms with E-state index >= 15 is 0 Å². The van der Waals surface area contributed by atoms with Crippen molar-refractivity contribution >= 4 is 6.29 Å². The molecular formula is C18H19FO3. The lowest BCUT2D eigenvalue weighted by Gasteiger charge is -2.17. The van der Waals surface area contributed by atoms with E-state index in [1.807, 2.05) is 13.8 Å². The summed E-state index contributed by atoms with van der Waals surface area (Å²) in [5.41, 5.74) is 2.01. The minimum atomic E-state index is -0.303. The summed E-state index contributed by atoms with van der Waals surface area (Å²) in [5.74, 6) is 0.827. The van der Waals surface area contributed by atoms with Gasteiger partial charge in [-0.1, -0.05) is 19.1 Å². The Labute approximate surface area is 129 Å². The van der Waals surface area contributed by atoms with Crippen LogP contribution in [0.25, 0.3) is 11.1 Å². The fraction of sp³-hybridized carbons (Fsp3) is 0.278. The Kier molecular flexibility index (Phi) is 5.53. The second-order valence-corrected chi connectivity index (χ2v) is 4.80. The zero-order valence-electron chi connectivity index (χ0n) is 12.8. The summed E-state index contributed by atoms with van der Waals surface area (Å²) in [6.45, 7) is 4.87. The summed E-state index contributed by atoms with van der Waals surface area (Å²) in [6, 6.07) is 9.49. The topological polar surface area (TPSA) is 35.5 Å². The molecule has 0 atom stereocenters. The van der Waals surface area contributed by atoms with E-state index in [-0.39, 0.29) is 5.82 Å². The Hall–Kier alpha value is -2.36. The molecule has 0 fully saturated rings. The molecule has 0 spiro atoms. The first-order valence-electron chi connectivity index (χ1n) is 7.34. The van der Waals surface area contributed by atoms with Gasteiger partial charge in [0.25, 0.3) is 0 Å². The van der Waals surface area contributed by atoms with Crippen molar-refractivity contribution in [1.29, 1.82) is 0 Å². The molecule has 0 saturated heterocycles. The fourth-order valence-electron chi connectivity index (χ4n) is 2.17. The summed E-state index contributed by atoms with van der Waals surface area (Å²) in [4.78, 5) is 11.1. The third-order valence-electron chi connectivity index (χ3n) is 3.12. The quantitative estimate of drug-likeness (QED) is 0.707. The van der Waals surface area contributed by atoms with E-state index in [0.29, 0.717) is 30.3 Å².